The predicted octanol–water partition coefficient (Wildman–Crippen LogP) is 3.25. The zero-order valence-corrected chi connectivity index (χ0v) is 28.1. The van der Waals surface area contributed by atoms with Gasteiger partial charge in [0.25, 0.3) is 5.91 Å². The third-order valence-electron chi connectivity index (χ3n) is 7.84. The summed E-state index contributed by atoms with van der Waals surface area (Å²) in [6.45, 7) is 7.56. The number of fused-ring (bicyclic) bond motifs is 1. The number of benzene rings is 2. The molecule has 2 heterocycles. The molecule has 0 spiro atoms. The topological polar surface area (TPSA) is 165 Å². The summed E-state index contributed by atoms with van der Waals surface area (Å²) in [5, 5.41) is 11.4. The molecule has 47 heavy (non-hydrogen) atoms. The van der Waals surface area contributed by atoms with Gasteiger partial charge in [-0.2, -0.15) is 0 Å². The van der Waals surface area contributed by atoms with Gasteiger partial charge in [0.15, 0.2) is 11.6 Å². The Balaban J connectivity index is 1.46. The Hall–Kier alpha value is -4.52. The van der Waals surface area contributed by atoms with Gasteiger partial charge in [-0.1, -0.05) is 45.9 Å². The van der Waals surface area contributed by atoms with Gasteiger partial charge in [0.05, 0.1) is 23.4 Å². The Morgan fingerprint density at radius 2 is 1.68 bits per heavy atom. The van der Waals surface area contributed by atoms with Crippen molar-refractivity contribution in [2.45, 2.75) is 65.1 Å². The van der Waals surface area contributed by atoms with Gasteiger partial charge in [-0.05, 0) is 55.4 Å². The molecule has 1 aromatic heterocycles. The lowest BCUT2D eigenvalue weighted by Gasteiger charge is -2.27. The molecule has 0 bridgehead atoms. The molecular formula is C34H43N5O7S. The van der Waals surface area contributed by atoms with E-state index in [1.165, 1.54) is 18.4 Å². The molecule has 1 saturated heterocycles. The molecule has 4 amide bonds. The maximum Gasteiger partial charge on any atom is 0.258 e. The number of carbonyl (C=O) groups excluding carboxylic acids is 5. The highest BCUT2D eigenvalue weighted by molar-refractivity contribution is 7.20. The van der Waals surface area contributed by atoms with Crippen LogP contribution in [-0.2, 0) is 19.2 Å². The number of ether oxygens (including phenoxy) is 2. The number of nitrogens with one attached hydrogen (secondary N) is 4. The van der Waals surface area contributed by atoms with Crippen molar-refractivity contribution in [3.8, 4) is 11.5 Å². The van der Waals surface area contributed by atoms with Gasteiger partial charge in [-0.3, -0.25) is 24.0 Å². The highest BCUT2D eigenvalue weighted by atomic mass is 32.1. The third-order valence-corrected chi connectivity index (χ3v) is 8.89. The molecule has 0 aliphatic carbocycles. The molecule has 4 atom stereocenters. The van der Waals surface area contributed by atoms with Crippen molar-refractivity contribution in [2.24, 2.45) is 17.8 Å². The number of amides is 4. The van der Waals surface area contributed by atoms with E-state index in [2.05, 4.69) is 26.3 Å². The average Bonchev–Trinajstić information content (AvgIpc) is 3.67. The minimum atomic E-state index is -1.03. The number of ketones is 1. The third kappa shape index (κ3) is 9.74. The zero-order valence-electron chi connectivity index (χ0n) is 27.3. The average molecular weight is 666 g/mol. The Labute approximate surface area is 278 Å². The number of Topliss-reactive ketones (excluding diaryl/α,β-unsaturated/α-hetero) is 1. The number of hydrogen-bond donors (Lipinski definition) is 4. The van der Waals surface area contributed by atoms with E-state index >= 15 is 0 Å². The second-order valence-electron chi connectivity index (χ2n) is 12.4. The first-order chi connectivity index (χ1) is 22.4. The van der Waals surface area contributed by atoms with E-state index < -0.39 is 47.5 Å². The Bertz CT molecular complexity index is 1560. The summed E-state index contributed by atoms with van der Waals surface area (Å²) in [5.41, 5.74) is 0.671. The van der Waals surface area contributed by atoms with Crippen molar-refractivity contribution in [2.75, 3.05) is 20.3 Å². The number of thiazole rings is 1. The van der Waals surface area contributed by atoms with Gasteiger partial charge < -0.3 is 30.7 Å². The number of methoxy groups -OCH3 is 1. The number of carbonyl (C=O) groups is 5. The molecule has 13 heteroatoms. The largest absolute Gasteiger partial charge is 0.497 e. The standard InChI is InChI=1S/C34H43N5O7S/c1-19(2)15-26(37-33(44)29(20(3)4)39-28(40)18-46-23-10-8-9-22(17-23)45-5)32(43)36-25(16-21-13-14-35-31(21)42)30(41)34-38-24-11-6-7-12-27(24)47-34/h6-12,17,19-21,25-26,29H,13-16,18H2,1-5H3,(H,35,42)(H,36,43)(H,37,44)(H,39,40)/t21-,25-,26-,29-/m0/s1. The smallest absolute Gasteiger partial charge is 0.258 e. The fourth-order valence-electron chi connectivity index (χ4n) is 5.34. The normalized spacial score (nSPS) is 16.3. The van der Waals surface area contributed by atoms with Crippen LogP contribution in [0, 0.1) is 17.8 Å². The molecule has 0 saturated carbocycles. The minimum Gasteiger partial charge on any atom is -0.497 e. The molecule has 2 aromatic carbocycles. The van der Waals surface area contributed by atoms with Crippen LogP contribution >= 0.6 is 11.3 Å². The summed E-state index contributed by atoms with van der Waals surface area (Å²) in [5.74, 6) is -1.91. The van der Waals surface area contributed by atoms with E-state index in [0.29, 0.717) is 30.0 Å². The van der Waals surface area contributed by atoms with Crippen LogP contribution in [-0.4, -0.2) is 72.8 Å². The van der Waals surface area contributed by atoms with Crippen molar-refractivity contribution >= 4 is 51.0 Å². The lowest BCUT2D eigenvalue weighted by molar-refractivity contribution is -0.134. The molecular weight excluding hydrogens is 622 g/mol. The van der Waals surface area contributed by atoms with E-state index in [4.69, 9.17) is 9.47 Å². The highest BCUT2D eigenvalue weighted by Gasteiger charge is 2.36. The summed E-state index contributed by atoms with van der Waals surface area (Å²) in [6.07, 6.45) is 0.926. The first kappa shape index (κ1) is 35.3. The molecule has 4 N–H and O–H groups in total. The van der Waals surface area contributed by atoms with Crippen molar-refractivity contribution in [1.29, 1.82) is 0 Å². The summed E-state index contributed by atoms with van der Waals surface area (Å²) in [4.78, 5) is 70.9. The number of para-hydroxylation sites is 1. The van der Waals surface area contributed by atoms with Crippen LogP contribution in [0.1, 0.15) is 56.8 Å². The molecule has 1 aliphatic rings. The quantitative estimate of drug-likeness (QED) is 0.169. The van der Waals surface area contributed by atoms with E-state index in [1.54, 1.807) is 38.1 Å². The first-order valence-electron chi connectivity index (χ1n) is 15.8. The van der Waals surface area contributed by atoms with Crippen LogP contribution < -0.4 is 30.7 Å². The Morgan fingerprint density at radius 3 is 2.34 bits per heavy atom. The van der Waals surface area contributed by atoms with Crippen molar-refractivity contribution in [3.63, 3.8) is 0 Å². The van der Waals surface area contributed by atoms with E-state index in [1.807, 2.05) is 38.1 Å². The van der Waals surface area contributed by atoms with Crippen LogP contribution in [0.15, 0.2) is 48.5 Å². The monoisotopic (exact) mass is 665 g/mol. The lowest BCUT2D eigenvalue weighted by Crippen LogP contribution is -2.57. The van der Waals surface area contributed by atoms with Crippen molar-refractivity contribution in [1.82, 2.24) is 26.3 Å². The van der Waals surface area contributed by atoms with E-state index in [9.17, 15) is 24.0 Å². The summed E-state index contributed by atoms with van der Waals surface area (Å²) >= 11 is 1.23. The lowest BCUT2D eigenvalue weighted by atomic mass is 9.94. The molecule has 1 fully saturated rings. The summed E-state index contributed by atoms with van der Waals surface area (Å²) in [6, 6.07) is 11.2. The fraction of sp³-hybridized carbons (Fsp3) is 0.471. The molecule has 1 aliphatic heterocycles. The van der Waals surface area contributed by atoms with Gasteiger partial charge in [0, 0.05) is 18.5 Å². The predicted molar refractivity (Wildman–Crippen MR) is 178 cm³/mol. The number of aromatic nitrogens is 1. The van der Waals surface area contributed by atoms with Crippen molar-refractivity contribution in [3.05, 3.63) is 53.5 Å². The molecule has 252 valence electrons. The van der Waals surface area contributed by atoms with Gasteiger partial charge in [0.2, 0.25) is 23.5 Å². The van der Waals surface area contributed by atoms with Crippen LogP contribution in [0.3, 0.4) is 0 Å². The van der Waals surface area contributed by atoms with Gasteiger partial charge in [-0.15, -0.1) is 11.3 Å². The molecule has 12 nitrogen and oxygen atoms in total. The molecule has 0 unspecified atom stereocenters. The second kappa shape index (κ2) is 16.3. The van der Waals surface area contributed by atoms with Crippen LogP contribution in [0.4, 0.5) is 0 Å². The number of hydrogen-bond acceptors (Lipinski definition) is 9. The highest BCUT2D eigenvalue weighted by Crippen LogP contribution is 2.25. The number of rotatable bonds is 16. The fourth-order valence-corrected chi connectivity index (χ4v) is 6.30. The molecule has 0 radical (unpaired) electrons. The molecule has 4 rings (SSSR count). The van der Waals surface area contributed by atoms with Gasteiger partial charge in [-0.25, -0.2) is 4.98 Å². The Morgan fingerprint density at radius 1 is 0.957 bits per heavy atom. The van der Waals surface area contributed by atoms with Crippen LogP contribution in [0.2, 0.25) is 0 Å². The van der Waals surface area contributed by atoms with Crippen molar-refractivity contribution < 1.29 is 33.4 Å². The van der Waals surface area contributed by atoms with Crippen LogP contribution in [0.25, 0.3) is 10.2 Å². The maximum atomic E-state index is 13.8. The maximum absolute atomic E-state index is 13.8. The summed E-state index contributed by atoms with van der Waals surface area (Å²) < 4.78 is 11.6. The van der Waals surface area contributed by atoms with E-state index in [-0.39, 0.29) is 42.2 Å². The second-order valence-corrected chi connectivity index (χ2v) is 13.4. The van der Waals surface area contributed by atoms with E-state index in [0.717, 1.165) is 4.70 Å². The minimum absolute atomic E-state index is 0.00780. The summed E-state index contributed by atoms with van der Waals surface area (Å²) in [7, 11) is 1.53. The SMILES string of the molecule is COc1cccc(OCC(=O)N[C@H](C(=O)N[C@@H](CC(C)C)C(=O)N[C@@H](C[C@@H]2CCNC2=O)C(=O)c2nc3ccccc3s2)C(C)C)c1. The van der Waals surface area contributed by atoms with Gasteiger partial charge >= 0.3 is 0 Å². The first-order valence-corrected chi connectivity index (χ1v) is 16.6. The molecule has 3 aromatic rings. The Kier molecular flexibility index (Phi) is 12.3. The van der Waals surface area contributed by atoms with Crippen LogP contribution in [0.5, 0.6) is 11.5 Å². The zero-order chi connectivity index (χ0) is 34.1. The van der Waals surface area contributed by atoms with Gasteiger partial charge in [0.1, 0.15) is 23.6 Å². The number of nitrogens with zero attached hydrogens (tertiary/aromatic N) is 1.